The quantitative estimate of drug-likeness (QED) is 0.773. The van der Waals surface area contributed by atoms with Gasteiger partial charge in [-0.2, -0.15) is 0 Å². The summed E-state index contributed by atoms with van der Waals surface area (Å²) in [4.78, 5) is 16.1. The second-order valence-corrected chi connectivity index (χ2v) is 5.06. The predicted octanol–water partition coefficient (Wildman–Crippen LogP) is 1.49. The van der Waals surface area contributed by atoms with E-state index in [9.17, 15) is 9.90 Å². The molecule has 1 aromatic heterocycles. The Kier molecular flexibility index (Phi) is 4.74. The highest BCUT2D eigenvalue weighted by Gasteiger charge is 2.24. The maximum atomic E-state index is 11.8. The van der Waals surface area contributed by atoms with Crippen LogP contribution in [0.1, 0.15) is 37.1 Å². The number of aryl methyl sites for hydroxylation is 1. The van der Waals surface area contributed by atoms with Crippen LogP contribution in [0.5, 0.6) is 0 Å². The number of rotatable bonds is 3. The third kappa shape index (κ3) is 4.21. The summed E-state index contributed by atoms with van der Waals surface area (Å²) < 4.78 is 0. The van der Waals surface area contributed by atoms with Crippen molar-refractivity contribution in [2.24, 2.45) is 0 Å². The molecule has 2 unspecified atom stereocenters. The third-order valence-electron chi connectivity index (χ3n) is 3.42. The first-order chi connectivity index (χ1) is 9.15. The molecule has 1 heterocycles. The number of aliphatic hydroxyl groups excluding tert-OH is 1. The van der Waals surface area contributed by atoms with Crippen LogP contribution < -0.4 is 10.6 Å². The van der Waals surface area contributed by atoms with E-state index in [1.54, 1.807) is 0 Å². The monoisotopic (exact) mass is 263 g/mol. The van der Waals surface area contributed by atoms with Gasteiger partial charge in [-0.1, -0.05) is 18.9 Å². The van der Waals surface area contributed by atoms with Gasteiger partial charge in [0, 0.05) is 5.69 Å². The summed E-state index contributed by atoms with van der Waals surface area (Å²) in [6.45, 7) is 2.32. The fraction of sp³-hybridized carbons (Fsp3) is 0.571. The zero-order chi connectivity index (χ0) is 13.7. The molecule has 0 bridgehead atoms. The molecule has 2 amide bonds. The Morgan fingerprint density at radius 3 is 2.95 bits per heavy atom. The van der Waals surface area contributed by atoms with Gasteiger partial charge in [0.15, 0.2) is 0 Å². The fourth-order valence-corrected chi connectivity index (χ4v) is 2.37. The first-order valence-corrected chi connectivity index (χ1v) is 6.80. The number of aromatic nitrogens is 1. The molecule has 5 heteroatoms. The van der Waals surface area contributed by atoms with Crippen LogP contribution in [-0.4, -0.2) is 28.3 Å². The number of amides is 2. The van der Waals surface area contributed by atoms with Gasteiger partial charge in [-0.15, -0.1) is 0 Å². The van der Waals surface area contributed by atoms with Crippen molar-refractivity contribution in [1.82, 2.24) is 15.6 Å². The molecule has 0 saturated heterocycles. The number of hydrogen-bond donors (Lipinski definition) is 3. The third-order valence-corrected chi connectivity index (χ3v) is 3.42. The Hall–Kier alpha value is -1.62. The SMILES string of the molecule is Cc1cccc(CNC(=O)NC2CCCCC2O)n1. The van der Waals surface area contributed by atoms with Crippen LogP contribution in [0.2, 0.25) is 0 Å². The number of carbonyl (C=O) groups excluding carboxylic acids is 1. The molecule has 1 aliphatic rings. The molecule has 5 nitrogen and oxygen atoms in total. The van der Waals surface area contributed by atoms with Gasteiger partial charge in [-0.05, 0) is 31.9 Å². The second kappa shape index (κ2) is 6.52. The molecule has 0 radical (unpaired) electrons. The number of pyridine rings is 1. The molecule has 2 atom stereocenters. The summed E-state index contributed by atoms with van der Waals surface area (Å²) in [5.41, 5.74) is 1.77. The number of aliphatic hydroxyl groups is 1. The molecule has 0 aromatic carbocycles. The van der Waals surface area contributed by atoms with Crippen LogP contribution in [0.25, 0.3) is 0 Å². The van der Waals surface area contributed by atoms with Gasteiger partial charge in [0.25, 0.3) is 0 Å². The fourth-order valence-electron chi connectivity index (χ4n) is 2.37. The first-order valence-electron chi connectivity index (χ1n) is 6.80. The van der Waals surface area contributed by atoms with Gasteiger partial charge in [-0.25, -0.2) is 4.79 Å². The van der Waals surface area contributed by atoms with E-state index >= 15 is 0 Å². The molecular formula is C14H21N3O2. The van der Waals surface area contributed by atoms with Crippen molar-refractivity contribution in [2.75, 3.05) is 0 Å². The molecule has 1 aliphatic carbocycles. The van der Waals surface area contributed by atoms with E-state index in [1.165, 1.54) is 0 Å². The van der Waals surface area contributed by atoms with Crippen molar-refractivity contribution < 1.29 is 9.90 Å². The minimum absolute atomic E-state index is 0.126. The molecular weight excluding hydrogens is 242 g/mol. The number of nitrogens with zero attached hydrogens (tertiary/aromatic N) is 1. The van der Waals surface area contributed by atoms with E-state index in [4.69, 9.17) is 0 Å². The van der Waals surface area contributed by atoms with Gasteiger partial charge in [0.05, 0.1) is 24.4 Å². The smallest absolute Gasteiger partial charge is 0.315 e. The van der Waals surface area contributed by atoms with Crippen LogP contribution in [-0.2, 0) is 6.54 Å². The van der Waals surface area contributed by atoms with Gasteiger partial charge in [-0.3, -0.25) is 4.98 Å². The van der Waals surface area contributed by atoms with Crippen molar-refractivity contribution >= 4 is 6.03 Å². The molecule has 0 aliphatic heterocycles. The molecule has 1 fully saturated rings. The van der Waals surface area contributed by atoms with Crippen molar-refractivity contribution in [2.45, 2.75) is 51.3 Å². The zero-order valence-electron chi connectivity index (χ0n) is 11.2. The topological polar surface area (TPSA) is 74.2 Å². The zero-order valence-corrected chi connectivity index (χ0v) is 11.2. The first kappa shape index (κ1) is 13.8. The van der Waals surface area contributed by atoms with Crippen molar-refractivity contribution in [3.63, 3.8) is 0 Å². The van der Waals surface area contributed by atoms with Gasteiger partial charge in [0.1, 0.15) is 0 Å². The average molecular weight is 263 g/mol. The highest BCUT2D eigenvalue weighted by Crippen LogP contribution is 2.18. The Bertz CT molecular complexity index is 436. The highest BCUT2D eigenvalue weighted by atomic mass is 16.3. The Morgan fingerprint density at radius 2 is 2.21 bits per heavy atom. The number of urea groups is 1. The highest BCUT2D eigenvalue weighted by molar-refractivity contribution is 5.74. The Labute approximate surface area is 113 Å². The number of carbonyl (C=O) groups is 1. The second-order valence-electron chi connectivity index (χ2n) is 5.06. The lowest BCUT2D eigenvalue weighted by Crippen LogP contribution is -2.48. The van der Waals surface area contributed by atoms with E-state index in [-0.39, 0.29) is 12.1 Å². The van der Waals surface area contributed by atoms with Crippen LogP contribution >= 0.6 is 0 Å². The Morgan fingerprint density at radius 1 is 1.42 bits per heavy atom. The summed E-state index contributed by atoms with van der Waals surface area (Å²) in [5.74, 6) is 0. The van der Waals surface area contributed by atoms with Crippen LogP contribution in [0.15, 0.2) is 18.2 Å². The maximum Gasteiger partial charge on any atom is 0.315 e. The molecule has 19 heavy (non-hydrogen) atoms. The molecule has 104 valence electrons. The van der Waals surface area contributed by atoms with Crippen LogP contribution in [0.3, 0.4) is 0 Å². The standard InChI is InChI=1S/C14H21N3O2/c1-10-5-4-6-11(16-10)9-15-14(19)17-12-7-2-3-8-13(12)18/h4-6,12-13,18H,2-3,7-9H2,1H3,(H2,15,17,19). The van der Waals surface area contributed by atoms with E-state index in [1.807, 2.05) is 25.1 Å². The van der Waals surface area contributed by atoms with Gasteiger partial charge in [0.2, 0.25) is 0 Å². The minimum atomic E-state index is -0.420. The molecule has 1 saturated carbocycles. The molecule has 0 spiro atoms. The van der Waals surface area contributed by atoms with E-state index < -0.39 is 6.10 Å². The van der Waals surface area contributed by atoms with Crippen LogP contribution in [0.4, 0.5) is 4.79 Å². The lowest BCUT2D eigenvalue weighted by atomic mass is 9.93. The lowest BCUT2D eigenvalue weighted by molar-refractivity contribution is 0.0943. The summed E-state index contributed by atoms with van der Waals surface area (Å²) in [5, 5.41) is 15.4. The van der Waals surface area contributed by atoms with Crippen molar-refractivity contribution in [3.8, 4) is 0 Å². The normalized spacial score (nSPS) is 22.8. The average Bonchev–Trinajstić information content (AvgIpc) is 2.39. The Balaban J connectivity index is 1.78. The summed E-state index contributed by atoms with van der Waals surface area (Å²) in [6, 6.07) is 5.35. The van der Waals surface area contributed by atoms with E-state index in [0.717, 1.165) is 37.1 Å². The minimum Gasteiger partial charge on any atom is -0.391 e. The van der Waals surface area contributed by atoms with E-state index in [0.29, 0.717) is 6.54 Å². The largest absolute Gasteiger partial charge is 0.391 e. The van der Waals surface area contributed by atoms with Gasteiger partial charge >= 0.3 is 6.03 Å². The number of hydrogen-bond acceptors (Lipinski definition) is 3. The maximum absolute atomic E-state index is 11.8. The summed E-state index contributed by atoms with van der Waals surface area (Å²) in [7, 11) is 0. The van der Waals surface area contributed by atoms with Crippen LogP contribution in [0, 0.1) is 6.92 Å². The van der Waals surface area contributed by atoms with Crippen molar-refractivity contribution in [3.05, 3.63) is 29.6 Å². The van der Waals surface area contributed by atoms with Gasteiger partial charge < -0.3 is 15.7 Å². The summed E-state index contributed by atoms with van der Waals surface area (Å²) in [6.07, 6.45) is 3.29. The molecule has 1 aromatic rings. The molecule has 2 rings (SSSR count). The lowest BCUT2D eigenvalue weighted by Gasteiger charge is -2.28. The van der Waals surface area contributed by atoms with E-state index in [2.05, 4.69) is 15.6 Å². The number of nitrogens with one attached hydrogen (secondary N) is 2. The van der Waals surface area contributed by atoms with Crippen molar-refractivity contribution in [1.29, 1.82) is 0 Å². The predicted molar refractivity (Wildman–Crippen MR) is 72.6 cm³/mol. The molecule has 3 N–H and O–H groups in total. The summed E-state index contributed by atoms with van der Waals surface area (Å²) >= 11 is 0.